The van der Waals surface area contributed by atoms with Crippen molar-refractivity contribution in [1.29, 1.82) is 0 Å². The highest BCUT2D eigenvalue weighted by Crippen LogP contribution is 2.33. The summed E-state index contributed by atoms with van der Waals surface area (Å²) in [5.41, 5.74) is 19.9. The predicted molar refractivity (Wildman–Crippen MR) is 149 cm³/mol. The highest BCUT2D eigenvalue weighted by Gasteiger charge is 2.33. The van der Waals surface area contributed by atoms with Gasteiger partial charge in [0, 0.05) is 35.9 Å². The van der Waals surface area contributed by atoms with E-state index in [1.807, 2.05) is 14.5 Å². The average molecular weight is 735 g/mol. The zero-order valence-corrected chi connectivity index (χ0v) is 25.7. The van der Waals surface area contributed by atoms with E-state index in [0.717, 1.165) is 0 Å². The number of amidine groups is 1. The Morgan fingerprint density at radius 2 is 1.37 bits per heavy atom. The van der Waals surface area contributed by atoms with E-state index in [1.165, 1.54) is 0 Å². The van der Waals surface area contributed by atoms with E-state index in [9.17, 15) is 53.1 Å². The van der Waals surface area contributed by atoms with Gasteiger partial charge >= 0.3 is 11.9 Å². The number of nitrogens with two attached hydrogens (primary N) is 1. The standard InChI is InChI=1S/C13H12F4N6O4.C10H11F4N5O2S/c14-6-5(7(15)9(17)10(8(6)16)22-23-20)12(26)27-13(19)21-3-1-2-4(18)11(24)25;1-19(2)4-3-16-22(20,21)10-7(13)5(11)9(17-18-15)6(12)8(10)14/h4H,1-3,18H2,(H2,19,21)(H,24,25);16H,3-4H2,1-2H3/p+1. The lowest BCUT2D eigenvalue weighted by Gasteiger charge is -2.13. The number of benzene rings is 2. The van der Waals surface area contributed by atoms with Crippen molar-refractivity contribution in [1.82, 2.24) is 9.62 Å². The van der Waals surface area contributed by atoms with Gasteiger partial charge in [-0.3, -0.25) is 0 Å². The quantitative estimate of drug-likeness (QED) is 0.0272. The van der Waals surface area contributed by atoms with Crippen LogP contribution in [0.3, 0.4) is 0 Å². The first kappa shape index (κ1) is 41.8. The summed E-state index contributed by atoms with van der Waals surface area (Å²) in [5, 5.41) is 13.6. The number of quaternary nitrogens is 1. The van der Waals surface area contributed by atoms with Gasteiger partial charge in [0.2, 0.25) is 10.0 Å². The highest BCUT2D eigenvalue weighted by atomic mass is 32.2. The zero-order chi connectivity index (χ0) is 37.8. The topological polar surface area (TPSA) is 277 Å². The van der Waals surface area contributed by atoms with Crippen LogP contribution >= 0.6 is 0 Å². The van der Waals surface area contributed by atoms with E-state index in [2.05, 4.69) is 25.7 Å². The molecular weight excluding hydrogens is 710 g/mol. The van der Waals surface area contributed by atoms with E-state index in [0.29, 0.717) is 0 Å². The van der Waals surface area contributed by atoms with Gasteiger partial charge in [0.25, 0.3) is 6.02 Å². The number of carboxylic acids is 1. The zero-order valence-electron chi connectivity index (χ0n) is 24.9. The summed E-state index contributed by atoms with van der Waals surface area (Å²) in [4.78, 5) is 29.6. The molecule has 0 saturated carbocycles. The van der Waals surface area contributed by atoms with E-state index in [4.69, 9.17) is 21.9 Å². The molecule has 0 bridgehead atoms. The summed E-state index contributed by atoms with van der Waals surface area (Å²) in [6, 6.07) is -1.76. The Labute approximate surface area is 269 Å². The fraction of sp³-hybridized carbons (Fsp3) is 0.348. The van der Waals surface area contributed by atoms with Crippen molar-refractivity contribution in [3.8, 4) is 0 Å². The van der Waals surface area contributed by atoms with Gasteiger partial charge in [-0.2, -0.15) is 0 Å². The lowest BCUT2D eigenvalue weighted by Crippen LogP contribution is -2.64. The smallest absolute Gasteiger partial charge is 0.362 e. The number of likely N-dealkylation sites (N-methyl/N-ethyl adjacent to an activating group) is 1. The van der Waals surface area contributed by atoms with Gasteiger partial charge in [0.15, 0.2) is 57.5 Å². The molecule has 0 aliphatic carbocycles. The van der Waals surface area contributed by atoms with Gasteiger partial charge in [-0.25, -0.2) is 62.8 Å². The number of nitrogens with zero attached hydrogens (tertiary/aromatic N) is 8. The molecular formula is C23H24F8N11O6S+. The molecule has 2 aromatic carbocycles. The van der Waals surface area contributed by atoms with Crippen molar-refractivity contribution in [2.45, 2.75) is 23.8 Å². The summed E-state index contributed by atoms with van der Waals surface area (Å²) in [7, 11) is -1.61. The molecule has 0 aliphatic rings. The maximum atomic E-state index is 13.8. The number of aliphatic imine (C=N–C) groups is 1. The number of sulfonamides is 1. The Kier molecular flexibility index (Phi) is 15.6. The molecule has 2 rings (SSSR count). The van der Waals surface area contributed by atoms with Crippen LogP contribution in [-0.2, 0) is 19.6 Å². The Morgan fingerprint density at radius 1 is 0.918 bits per heavy atom. The van der Waals surface area contributed by atoms with Crippen molar-refractivity contribution in [2.24, 2.45) is 21.0 Å². The Bertz CT molecular complexity index is 1780. The molecule has 49 heavy (non-hydrogen) atoms. The minimum atomic E-state index is -4.84. The van der Waals surface area contributed by atoms with Crippen molar-refractivity contribution in [3.63, 3.8) is 0 Å². The third kappa shape index (κ3) is 10.9. The SMILES string of the molecule is CN(C)CCNS(=O)(=O)c1c(F)c(F)c(N=[N+]=[N-])c(F)c1F.[N-]=[N+]=Nc1c(F)c(F)c(C(=O)OC(N)=NCCCC([NH3+])C(=O)O)c(F)c1F. The number of rotatable bonds is 13. The first-order valence-electron chi connectivity index (χ1n) is 12.8. The molecule has 0 aromatic heterocycles. The van der Waals surface area contributed by atoms with Crippen LogP contribution in [0.4, 0.5) is 46.5 Å². The molecule has 0 fully saturated rings. The van der Waals surface area contributed by atoms with Crippen molar-refractivity contribution in [2.75, 3.05) is 33.7 Å². The van der Waals surface area contributed by atoms with E-state index >= 15 is 0 Å². The van der Waals surface area contributed by atoms with Crippen molar-refractivity contribution in [3.05, 3.63) is 73.0 Å². The monoisotopic (exact) mass is 734 g/mol. The molecule has 2 aromatic rings. The first-order valence-corrected chi connectivity index (χ1v) is 14.3. The number of azide groups is 2. The van der Waals surface area contributed by atoms with Crippen LogP contribution in [-0.4, -0.2) is 76.2 Å². The molecule has 0 aliphatic heterocycles. The number of carboxylic acid groups (broad SMARTS) is 1. The second-order valence-electron chi connectivity index (χ2n) is 9.28. The second-order valence-corrected chi connectivity index (χ2v) is 11.0. The number of ether oxygens (including phenoxy) is 1. The molecule has 0 heterocycles. The largest absolute Gasteiger partial charge is 0.477 e. The average Bonchev–Trinajstić information content (AvgIpc) is 3.01. The molecule has 0 spiro atoms. The molecule has 7 N–H and O–H groups in total. The van der Waals surface area contributed by atoms with Gasteiger partial charge in [0.1, 0.15) is 16.9 Å². The van der Waals surface area contributed by atoms with Crippen LogP contribution in [0.1, 0.15) is 23.2 Å². The number of hydrogen-bond donors (Lipinski definition) is 4. The van der Waals surface area contributed by atoms with Crippen LogP contribution in [0.15, 0.2) is 20.1 Å². The molecule has 17 nitrogen and oxygen atoms in total. The summed E-state index contributed by atoms with van der Waals surface area (Å²) in [6.07, 6.45) is 0.312. The number of carbonyl (C=O) groups is 2. The third-order valence-electron chi connectivity index (χ3n) is 5.58. The molecule has 1 unspecified atom stereocenters. The Balaban J connectivity index is 0.000000500. The molecule has 1 atom stereocenters. The van der Waals surface area contributed by atoms with Crippen molar-refractivity contribution < 1.29 is 68.7 Å². The van der Waals surface area contributed by atoms with Crippen LogP contribution in [0, 0.1) is 46.5 Å². The lowest BCUT2D eigenvalue weighted by molar-refractivity contribution is -0.409. The predicted octanol–water partition coefficient (Wildman–Crippen LogP) is 3.16. The van der Waals surface area contributed by atoms with E-state index in [-0.39, 0.29) is 32.5 Å². The molecule has 26 heteroatoms. The second kappa shape index (κ2) is 18.3. The Hall–Kier alpha value is -5.26. The summed E-state index contributed by atoms with van der Waals surface area (Å²) < 4.78 is 139. The first-order chi connectivity index (χ1) is 22.7. The van der Waals surface area contributed by atoms with Gasteiger partial charge in [-0.15, -0.1) is 0 Å². The van der Waals surface area contributed by atoms with E-state index in [1.54, 1.807) is 19.0 Å². The van der Waals surface area contributed by atoms with Gasteiger partial charge in [-0.1, -0.05) is 10.2 Å². The highest BCUT2D eigenvalue weighted by molar-refractivity contribution is 7.89. The minimum Gasteiger partial charge on any atom is -0.477 e. The van der Waals surface area contributed by atoms with Crippen LogP contribution < -0.4 is 16.2 Å². The van der Waals surface area contributed by atoms with E-state index < -0.39 is 102 Å². The normalized spacial score (nSPS) is 12.0. The van der Waals surface area contributed by atoms with Crippen molar-refractivity contribution >= 4 is 39.4 Å². The van der Waals surface area contributed by atoms with Gasteiger partial charge < -0.3 is 26.2 Å². The fourth-order valence-electron chi connectivity index (χ4n) is 3.20. The number of carbonyl (C=O) groups excluding carboxylic acids is 1. The number of esters is 1. The number of hydrogen-bond acceptors (Lipinski definition) is 9. The number of halogens is 8. The summed E-state index contributed by atoms with van der Waals surface area (Å²) in [5.74, 6) is -20.0. The van der Waals surface area contributed by atoms with Crippen LogP contribution in [0.25, 0.3) is 20.9 Å². The molecule has 0 amide bonds. The molecule has 0 saturated heterocycles. The lowest BCUT2D eigenvalue weighted by atomic mass is 10.1. The minimum absolute atomic E-state index is 0.109. The maximum absolute atomic E-state index is 13.8. The number of nitrogens with one attached hydrogen (secondary N) is 1. The van der Waals surface area contributed by atoms with Crippen LogP contribution in [0.2, 0.25) is 0 Å². The number of aliphatic carboxylic acids is 1. The van der Waals surface area contributed by atoms with Gasteiger partial charge in [-0.05, 0) is 31.6 Å². The van der Waals surface area contributed by atoms with Crippen LogP contribution in [0.5, 0.6) is 0 Å². The Morgan fingerprint density at radius 3 is 1.78 bits per heavy atom. The van der Waals surface area contributed by atoms with Gasteiger partial charge in [0.05, 0.1) is 0 Å². The molecule has 0 radical (unpaired) electrons. The summed E-state index contributed by atoms with van der Waals surface area (Å²) >= 11 is 0. The molecule has 268 valence electrons. The summed E-state index contributed by atoms with van der Waals surface area (Å²) in [6.45, 7) is -0.165. The third-order valence-corrected chi connectivity index (χ3v) is 7.06. The maximum Gasteiger partial charge on any atom is 0.362 e. The fourth-order valence-corrected chi connectivity index (χ4v) is 4.36.